The van der Waals surface area contributed by atoms with E-state index in [2.05, 4.69) is 35.1 Å². The fourth-order valence-electron chi connectivity index (χ4n) is 1.09. The number of thiol groups is 2. The summed E-state index contributed by atoms with van der Waals surface area (Å²) >= 11 is 18.1. The Labute approximate surface area is 99.6 Å². The lowest BCUT2D eigenvalue weighted by Crippen LogP contribution is -2.47. The molecule has 1 saturated heterocycles. The summed E-state index contributed by atoms with van der Waals surface area (Å²) in [6, 6.07) is 0. The van der Waals surface area contributed by atoms with E-state index in [0.717, 1.165) is 26.2 Å². The van der Waals surface area contributed by atoms with E-state index in [4.69, 9.17) is 24.4 Å². The summed E-state index contributed by atoms with van der Waals surface area (Å²) in [6.07, 6.45) is 0. The van der Waals surface area contributed by atoms with Crippen LogP contribution < -0.4 is 0 Å². The van der Waals surface area contributed by atoms with Crippen molar-refractivity contribution in [1.82, 2.24) is 9.80 Å². The first-order chi connectivity index (χ1) is 5.61. The highest BCUT2D eigenvalue weighted by Gasteiger charge is 2.17. The zero-order chi connectivity index (χ0) is 9.14. The third kappa shape index (κ3) is 3.99. The molecule has 0 aromatic carbocycles. The lowest BCUT2D eigenvalue weighted by molar-refractivity contribution is 0.271. The predicted octanol–water partition coefficient (Wildman–Crippen LogP) is 0.209. The van der Waals surface area contributed by atoms with E-state index in [1.807, 2.05) is 0 Å². The second-order valence-corrected chi connectivity index (χ2v) is 4.76. The Hall–Kier alpha value is 0.440. The van der Waals surface area contributed by atoms with E-state index in [1.54, 1.807) is 0 Å². The highest BCUT2D eigenvalue weighted by molar-refractivity contribution is 8.11. The minimum absolute atomic E-state index is 0. The number of rotatable bonds is 0. The number of hydrogen-bond donors (Lipinski definition) is 2. The van der Waals surface area contributed by atoms with Crippen LogP contribution in [0.3, 0.4) is 0 Å². The van der Waals surface area contributed by atoms with Gasteiger partial charge in [0, 0.05) is 26.2 Å². The fourth-order valence-corrected chi connectivity index (χ4v) is 1.85. The van der Waals surface area contributed by atoms with Crippen molar-refractivity contribution < 1.29 is 5.48 Å². The molecule has 1 rings (SSSR count). The van der Waals surface area contributed by atoms with Crippen LogP contribution in [0.25, 0.3) is 0 Å². The van der Waals surface area contributed by atoms with Crippen molar-refractivity contribution in [1.29, 1.82) is 0 Å². The molecule has 2 N–H and O–H groups in total. The first-order valence-corrected chi connectivity index (χ1v) is 5.28. The van der Waals surface area contributed by atoms with Crippen molar-refractivity contribution in [3.8, 4) is 0 Å². The molecular formula is C6H12N2OS4. The average molecular weight is 256 g/mol. The molecule has 0 bridgehead atoms. The molecule has 1 aliphatic heterocycles. The van der Waals surface area contributed by atoms with Gasteiger partial charge in [-0.05, 0) is 0 Å². The smallest absolute Gasteiger partial charge is 0.133 e. The first kappa shape index (κ1) is 13.4. The van der Waals surface area contributed by atoms with Crippen molar-refractivity contribution >= 4 is 58.3 Å². The van der Waals surface area contributed by atoms with Gasteiger partial charge in [0.05, 0.1) is 0 Å². The molecule has 0 saturated carbocycles. The summed E-state index contributed by atoms with van der Waals surface area (Å²) in [7, 11) is 0. The van der Waals surface area contributed by atoms with Crippen LogP contribution in [0.1, 0.15) is 0 Å². The van der Waals surface area contributed by atoms with E-state index in [-0.39, 0.29) is 5.48 Å². The first-order valence-electron chi connectivity index (χ1n) is 3.57. The minimum atomic E-state index is 0. The maximum atomic E-state index is 4.94. The molecule has 0 spiro atoms. The minimum Gasteiger partial charge on any atom is -0.412 e. The van der Waals surface area contributed by atoms with Gasteiger partial charge in [0.15, 0.2) is 0 Å². The second kappa shape index (κ2) is 6.02. The van der Waals surface area contributed by atoms with E-state index in [9.17, 15) is 0 Å². The molecule has 0 aromatic heterocycles. The maximum Gasteiger partial charge on any atom is 0.133 e. The molecular weight excluding hydrogens is 244 g/mol. The highest BCUT2D eigenvalue weighted by atomic mass is 32.1. The summed E-state index contributed by atoms with van der Waals surface area (Å²) in [5, 5.41) is 0. The standard InChI is InChI=1S/C6H10N2S4.H2O/c9-5(10)7-1-2-8(4-3-7)6(11)12;/h1-4H2,(H,9,10)(H,11,12);1H2. The maximum absolute atomic E-state index is 4.94. The summed E-state index contributed by atoms with van der Waals surface area (Å²) in [5.74, 6) is 0. The Morgan fingerprint density at radius 2 is 1.08 bits per heavy atom. The Kier molecular flexibility index (Phi) is 6.23. The van der Waals surface area contributed by atoms with E-state index in [1.165, 1.54) is 0 Å². The van der Waals surface area contributed by atoms with Gasteiger partial charge in [0.1, 0.15) is 8.64 Å². The Bertz CT molecular complexity index is 181. The van der Waals surface area contributed by atoms with Gasteiger partial charge in [-0.15, -0.1) is 25.3 Å². The van der Waals surface area contributed by atoms with Crippen molar-refractivity contribution in [2.75, 3.05) is 26.2 Å². The van der Waals surface area contributed by atoms with Gasteiger partial charge in [-0.3, -0.25) is 0 Å². The topological polar surface area (TPSA) is 38.0 Å². The molecule has 13 heavy (non-hydrogen) atoms. The van der Waals surface area contributed by atoms with Crippen molar-refractivity contribution in [2.45, 2.75) is 0 Å². The van der Waals surface area contributed by atoms with Gasteiger partial charge in [-0.2, -0.15) is 0 Å². The molecule has 0 atom stereocenters. The largest absolute Gasteiger partial charge is 0.412 e. The second-order valence-electron chi connectivity index (χ2n) is 2.54. The normalized spacial score (nSPS) is 16.5. The quantitative estimate of drug-likeness (QED) is 0.480. The van der Waals surface area contributed by atoms with Gasteiger partial charge in [0.2, 0.25) is 0 Å². The van der Waals surface area contributed by atoms with E-state index < -0.39 is 0 Å². The van der Waals surface area contributed by atoms with Crippen molar-refractivity contribution in [2.24, 2.45) is 0 Å². The molecule has 0 radical (unpaired) electrons. The summed E-state index contributed by atoms with van der Waals surface area (Å²) < 4.78 is 1.33. The van der Waals surface area contributed by atoms with Crippen molar-refractivity contribution in [3.05, 3.63) is 0 Å². The predicted molar refractivity (Wildman–Crippen MR) is 69.9 cm³/mol. The summed E-state index contributed by atoms with van der Waals surface area (Å²) in [5.41, 5.74) is 0. The molecule has 76 valence electrons. The van der Waals surface area contributed by atoms with Crippen molar-refractivity contribution in [3.63, 3.8) is 0 Å². The summed E-state index contributed by atoms with van der Waals surface area (Å²) in [6.45, 7) is 3.57. The molecule has 1 aliphatic rings. The fraction of sp³-hybridized carbons (Fsp3) is 0.667. The third-order valence-corrected chi connectivity index (χ3v) is 2.90. The molecule has 1 heterocycles. The van der Waals surface area contributed by atoms with Crippen LogP contribution in [0.4, 0.5) is 0 Å². The van der Waals surface area contributed by atoms with Gasteiger partial charge < -0.3 is 15.3 Å². The van der Waals surface area contributed by atoms with E-state index in [0.29, 0.717) is 8.64 Å². The van der Waals surface area contributed by atoms with Gasteiger partial charge in [-0.1, -0.05) is 24.4 Å². The molecule has 0 unspecified atom stereocenters. The third-order valence-electron chi connectivity index (χ3n) is 1.82. The van der Waals surface area contributed by atoms with Gasteiger partial charge >= 0.3 is 0 Å². The zero-order valence-electron chi connectivity index (χ0n) is 6.93. The molecule has 7 heteroatoms. The number of hydrogen-bond acceptors (Lipinski definition) is 2. The molecule has 0 aromatic rings. The van der Waals surface area contributed by atoms with Crippen LogP contribution in [0.2, 0.25) is 0 Å². The molecule has 1 fully saturated rings. The van der Waals surface area contributed by atoms with Gasteiger partial charge in [0.25, 0.3) is 0 Å². The van der Waals surface area contributed by atoms with Crippen LogP contribution in [0.15, 0.2) is 0 Å². The number of piperazine rings is 1. The van der Waals surface area contributed by atoms with Crippen LogP contribution in [0, 0.1) is 0 Å². The molecule has 0 amide bonds. The number of thiocarbonyl (C=S) groups is 2. The lowest BCUT2D eigenvalue weighted by atomic mass is 10.4. The molecule has 0 aliphatic carbocycles. The SMILES string of the molecule is O.S=C(S)N1CCN(C(=S)S)CC1. The zero-order valence-corrected chi connectivity index (χ0v) is 10.4. The van der Waals surface area contributed by atoms with Crippen LogP contribution >= 0.6 is 49.7 Å². The Morgan fingerprint density at radius 3 is 1.23 bits per heavy atom. The highest BCUT2D eigenvalue weighted by Crippen LogP contribution is 2.06. The van der Waals surface area contributed by atoms with Gasteiger partial charge in [-0.25, -0.2) is 0 Å². The van der Waals surface area contributed by atoms with Crippen LogP contribution in [-0.4, -0.2) is 50.1 Å². The Balaban J connectivity index is 0.00000144. The monoisotopic (exact) mass is 256 g/mol. The van der Waals surface area contributed by atoms with Crippen LogP contribution in [-0.2, 0) is 0 Å². The van der Waals surface area contributed by atoms with E-state index >= 15 is 0 Å². The number of nitrogens with zero attached hydrogens (tertiary/aromatic N) is 2. The summed E-state index contributed by atoms with van der Waals surface area (Å²) in [4.78, 5) is 4.11. The lowest BCUT2D eigenvalue weighted by Gasteiger charge is -2.35. The Morgan fingerprint density at radius 1 is 0.846 bits per heavy atom. The molecule has 3 nitrogen and oxygen atoms in total. The average Bonchev–Trinajstić information content (AvgIpc) is 2.04. The van der Waals surface area contributed by atoms with Crippen LogP contribution in [0.5, 0.6) is 0 Å².